The largest absolute Gasteiger partial charge is 0.463 e. The van der Waals surface area contributed by atoms with Gasteiger partial charge in [-0.05, 0) is 29.3 Å². The van der Waals surface area contributed by atoms with Crippen molar-refractivity contribution in [3.8, 4) is 0 Å². The Morgan fingerprint density at radius 2 is 1.87 bits per heavy atom. The van der Waals surface area contributed by atoms with Crippen LogP contribution in [0.5, 0.6) is 0 Å². The highest BCUT2D eigenvalue weighted by Gasteiger charge is 2.31. The van der Waals surface area contributed by atoms with Gasteiger partial charge in [-0.15, -0.1) is 0 Å². The standard InChI is InChI=1S/C23H24N4O3/c28-22(25-14-17-5-3-10-24-13-17)23(29)26-15-20(21-8-4-12-30-21)27-11-9-18-6-1-2-7-19(18)16-27/h1-8,10,12-13,20H,9,11,14-16H2,(H,25,28)(H,26,29)/p+1/t20-/m0/s1. The third-order valence-corrected chi connectivity index (χ3v) is 5.48. The quantitative estimate of drug-likeness (QED) is 0.529. The first-order valence-electron chi connectivity index (χ1n) is 10.1. The molecular formula is C23H25N4O3+. The van der Waals surface area contributed by atoms with Gasteiger partial charge in [0.05, 0.1) is 19.4 Å². The van der Waals surface area contributed by atoms with E-state index in [1.807, 2.05) is 18.2 Å². The third-order valence-electron chi connectivity index (χ3n) is 5.48. The number of rotatable bonds is 6. The SMILES string of the molecule is O=C(NCc1cccnc1)C(=O)NC[C@@H](c1ccco1)[NH+]1CCc2ccccc2C1. The van der Waals surface area contributed by atoms with E-state index in [-0.39, 0.29) is 12.6 Å². The van der Waals surface area contributed by atoms with E-state index in [9.17, 15) is 9.59 Å². The Morgan fingerprint density at radius 3 is 2.63 bits per heavy atom. The molecule has 154 valence electrons. The van der Waals surface area contributed by atoms with Gasteiger partial charge in [0.2, 0.25) is 0 Å². The lowest BCUT2D eigenvalue weighted by atomic mass is 9.98. The van der Waals surface area contributed by atoms with Crippen molar-refractivity contribution in [2.75, 3.05) is 13.1 Å². The Kier molecular flexibility index (Phi) is 6.20. The van der Waals surface area contributed by atoms with Crippen molar-refractivity contribution in [2.45, 2.75) is 25.6 Å². The van der Waals surface area contributed by atoms with Crippen LogP contribution in [0, 0.1) is 0 Å². The van der Waals surface area contributed by atoms with Crippen molar-refractivity contribution in [3.63, 3.8) is 0 Å². The average Bonchev–Trinajstić information content (AvgIpc) is 3.32. The van der Waals surface area contributed by atoms with Gasteiger partial charge in [0.15, 0.2) is 11.8 Å². The van der Waals surface area contributed by atoms with Crippen LogP contribution >= 0.6 is 0 Å². The molecule has 0 saturated carbocycles. The van der Waals surface area contributed by atoms with E-state index in [1.165, 1.54) is 16.0 Å². The lowest BCUT2D eigenvalue weighted by Gasteiger charge is -2.31. The summed E-state index contributed by atoms with van der Waals surface area (Å²) in [6.45, 7) is 2.37. The molecule has 0 fully saturated rings. The van der Waals surface area contributed by atoms with Crippen LogP contribution in [0.2, 0.25) is 0 Å². The van der Waals surface area contributed by atoms with Gasteiger partial charge < -0.3 is 20.0 Å². The number of nitrogens with zero attached hydrogens (tertiary/aromatic N) is 1. The second kappa shape index (κ2) is 9.37. The van der Waals surface area contributed by atoms with Crippen molar-refractivity contribution in [1.82, 2.24) is 15.6 Å². The van der Waals surface area contributed by atoms with Crippen LogP contribution in [-0.4, -0.2) is 29.9 Å². The molecule has 7 heteroatoms. The van der Waals surface area contributed by atoms with E-state index in [2.05, 4.69) is 39.9 Å². The summed E-state index contributed by atoms with van der Waals surface area (Å²) in [5, 5.41) is 5.41. The number of hydrogen-bond acceptors (Lipinski definition) is 4. The van der Waals surface area contributed by atoms with E-state index >= 15 is 0 Å². The molecule has 1 aliphatic rings. The lowest BCUT2D eigenvalue weighted by molar-refractivity contribution is -0.946. The summed E-state index contributed by atoms with van der Waals surface area (Å²) in [7, 11) is 0. The molecule has 3 heterocycles. The fraction of sp³-hybridized carbons (Fsp3) is 0.261. The van der Waals surface area contributed by atoms with Crippen molar-refractivity contribution in [1.29, 1.82) is 0 Å². The molecule has 3 N–H and O–H groups in total. The molecule has 1 unspecified atom stereocenters. The number of hydrogen-bond donors (Lipinski definition) is 3. The Labute approximate surface area is 175 Å². The summed E-state index contributed by atoms with van der Waals surface area (Å²) in [5.74, 6) is -0.497. The minimum absolute atomic E-state index is 0.0663. The Bertz CT molecular complexity index is 989. The van der Waals surface area contributed by atoms with Crippen LogP contribution in [0.25, 0.3) is 0 Å². The molecule has 0 aliphatic carbocycles. The maximum atomic E-state index is 12.3. The van der Waals surface area contributed by atoms with Crippen molar-refractivity contribution in [2.24, 2.45) is 0 Å². The summed E-state index contributed by atoms with van der Waals surface area (Å²) in [6, 6.07) is 15.8. The van der Waals surface area contributed by atoms with Gasteiger partial charge in [-0.25, -0.2) is 0 Å². The first kappa shape index (κ1) is 19.8. The van der Waals surface area contributed by atoms with E-state index in [0.29, 0.717) is 6.54 Å². The molecule has 0 spiro atoms. The molecule has 1 aliphatic heterocycles. The minimum Gasteiger partial charge on any atom is -0.463 e. The zero-order chi connectivity index (χ0) is 20.8. The molecule has 3 aromatic rings. The Morgan fingerprint density at radius 1 is 1.03 bits per heavy atom. The van der Waals surface area contributed by atoms with E-state index in [1.54, 1.807) is 24.7 Å². The number of carbonyl (C=O) groups excluding carboxylic acids is 2. The van der Waals surface area contributed by atoms with Gasteiger partial charge >= 0.3 is 11.8 Å². The number of fused-ring (bicyclic) bond motifs is 1. The second-order valence-corrected chi connectivity index (χ2v) is 7.43. The molecule has 1 aromatic carbocycles. The Hall–Kier alpha value is -3.45. The van der Waals surface area contributed by atoms with Gasteiger partial charge in [0, 0.05) is 30.9 Å². The van der Waals surface area contributed by atoms with Crippen molar-refractivity contribution < 1.29 is 18.9 Å². The maximum absolute atomic E-state index is 12.3. The average molecular weight is 405 g/mol. The van der Waals surface area contributed by atoms with Gasteiger partial charge in [0.1, 0.15) is 6.54 Å². The van der Waals surface area contributed by atoms with E-state index in [4.69, 9.17) is 4.42 Å². The highest BCUT2D eigenvalue weighted by molar-refractivity contribution is 6.35. The maximum Gasteiger partial charge on any atom is 0.309 e. The first-order chi connectivity index (χ1) is 14.7. The summed E-state index contributed by atoms with van der Waals surface area (Å²) in [5.41, 5.74) is 3.53. The molecular weight excluding hydrogens is 380 g/mol. The normalized spacial score (nSPS) is 16.3. The predicted molar refractivity (Wildman–Crippen MR) is 110 cm³/mol. The van der Waals surface area contributed by atoms with Gasteiger partial charge in [-0.2, -0.15) is 0 Å². The van der Waals surface area contributed by atoms with Gasteiger partial charge in [-0.1, -0.05) is 30.3 Å². The van der Waals surface area contributed by atoms with Crippen LogP contribution in [0.4, 0.5) is 0 Å². The fourth-order valence-corrected chi connectivity index (χ4v) is 3.88. The molecule has 0 radical (unpaired) electrons. The molecule has 2 atom stereocenters. The molecule has 30 heavy (non-hydrogen) atoms. The number of carbonyl (C=O) groups is 2. The number of aromatic nitrogens is 1. The fourth-order valence-electron chi connectivity index (χ4n) is 3.88. The molecule has 7 nitrogen and oxygen atoms in total. The molecule has 2 amide bonds. The molecule has 2 aromatic heterocycles. The second-order valence-electron chi connectivity index (χ2n) is 7.43. The zero-order valence-corrected chi connectivity index (χ0v) is 16.6. The topological polar surface area (TPSA) is 88.7 Å². The summed E-state index contributed by atoms with van der Waals surface area (Å²) in [6.07, 6.45) is 5.93. The summed E-state index contributed by atoms with van der Waals surface area (Å²) < 4.78 is 5.66. The number of amides is 2. The van der Waals surface area contributed by atoms with Crippen molar-refractivity contribution in [3.05, 3.63) is 89.6 Å². The predicted octanol–water partition coefficient (Wildman–Crippen LogP) is 0.790. The smallest absolute Gasteiger partial charge is 0.309 e. The van der Waals surface area contributed by atoms with Crippen LogP contribution in [0.1, 0.15) is 28.5 Å². The van der Waals surface area contributed by atoms with Gasteiger partial charge in [-0.3, -0.25) is 14.6 Å². The van der Waals surface area contributed by atoms with Crippen LogP contribution < -0.4 is 15.5 Å². The molecule has 0 saturated heterocycles. The zero-order valence-electron chi connectivity index (χ0n) is 16.6. The third kappa shape index (κ3) is 4.75. The highest BCUT2D eigenvalue weighted by Crippen LogP contribution is 2.15. The number of quaternary nitrogens is 1. The number of furan rings is 1. The summed E-state index contributed by atoms with van der Waals surface area (Å²) >= 11 is 0. The van der Waals surface area contributed by atoms with Gasteiger partial charge in [0.25, 0.3) is 0 Å². The monoisotopic (exact) mass is 405 g/mol. The van der Waals surface area contributed by atoms with Crippen molar-refractivity contribution >= 4 is 11.8 Å². The van der Waals surface area contributed by atoms with E-state index in [0.717, 1.165) is 30.8 Å². The Balaban J connectivity index is 1.37. The number of pyridine rings is 1. The van der Waals surface area contributed by atoms with E-state index < -0.39 is 11.8 Å². The minimum atomic E-state index is -0.656. The van der Waals surface area contributed by atoms with Crippen LogP contribution in [-0.2, 0) is 29.1 Å². The number of benzene rings is 1. The molecule has 0 bridgehead atoms. The van der Waals surface area contributed by atoms with Crippen LogP contribution in [0.3, 0.4) is 0 Å². The molecule has 4 rings (SSSR count). The first-order valence-corrected chi connectivity index (χ1v) is 10.1. The lowest BCUT2D eigenvalue weighted by Crippen LogP contribution is -3.12. The van der Waals surface area contributed by atoms with Crippen LogP contribution in [0.15, 0.2) is 71.6 Å². The number of nitrogens with one attached hydrogen (secondary N) is 3. The summed E-state index contributed by atoms with van der Waals surface area (Å²) in [4.78, 5) is 29.8. The highest BCUT2D eigenvalue weighted by atomic mass is 16.3.